The first kappa shape index (κ1) is 18.5. The Kier molecular flexibility index (Phi) is 4.99. The maximum absolute atomic E-state index is 13.0. The molecule has 5 heteroatoms. The van der Waals surface area contributed by atoms with Crippen LogP contribution in [-0.4, -0.2) is 30.5 Å². The summed E-state index contributed by atoms with van der Waals surface area (Å²) >= 11 is 3.58. The molecular formula is C22H25BrN2O2. The summed E-state index contributed by atoms with van der Waals surface area (Å²) in [5, 5.41) is 0. The number of nitrogens with two attached hydrogens (primary N) is 1. The zero-order chi connectivity index (χ0) is 19.0. The predicted octanol–water partition coefficient (Wildman–Crippen LogP) is 4.04. The summed E-state index contributed by atoms with van der Waals surface area (Å²) in [4.78, 5) is 14.9. The fourth-order valence-corrected chi connectivity index (χ4v) is 4.90. The van der Waals surface area contributed by atoms with Crippen LogP contribution in [0.1, 0.15) is 46.8 Å². The number of nitrogens with zero attached hydrogens (tertiary/aromatic N) is 1. The first-order valence-corrected chi connectivity index (χ1v) is 10.4. The van der Waals surface area contributed by atoms with E-state index in [4.69, 9.17) is 10.5 Å². The van der Waals surface area contributed by atoms with Crippen LogP contribution >= 0.6 is 15.9 Å². The summed E-state index contributed by atoms with van der Waals surface area (Å²) < 4.78 is 6.97. The van der Waals surface area contributed by atoms with E-state index in [1.54, 1.807) is 0 Å². The summed E-state index contributed by atoms with van der Waals surface area (Å²) in [5.74, 6) is 1.09. The fourth-order valence-electron chi connectivity index (χ4n) is 4.24. The minimum Gasteiger partial charge on any atom is -0.492 e. The third-order valence-electron chi connectivity index (χ3n) is 6.04. The quantitative estimate of drug-likeness (QED) is 0.802. The molecule has 0 bridgehead atoms. The van der Waals surface area contributed by atoms with Gasteiger partial charge in [-0.15, -0.1) is 0 Å². The molecule has 27 heavy (non-hydrogen) atoms. The minimum absolute atomic E-state index is 0.0178. The normalized spacial score (nSPS) is 17.7. The molecule has 0 aliphatic carbocycles. The number of hydrogen-bond acceptors (Lipinski definition) is 3. The maximum atomic E-state index is 13.0. The van der Waals surface area contributed by atoms with Gasteiger partial charge in [-0.2, -0.15) is 0 Å². The van der Waals surface area contributed by atoms with Gasteiger partial charge in [-0.3, -0.25) is 4.79 Å². The molecule has 0 aromatic heterocycles. The molecule has 2 aliphatic heterocycles. The summed E-state index contributed by atoms with van der Waals surface area (Å²) in [6.45, 7) is 4.86. The lowest BCUT2D eigenvalue weighted by Gasteiger charge is -2.38. The van der Waals surface area contributed by atoms with Gasteiger partial charge in [0.25, 0.3) is 5.91 Å². The average molecular weight is 429 g/mol. The SMILES string of the molecule is CCc1ccc(C(=O)N2CCC3(CC2)COc2ccc(CN)cc23)cc1Br. The van der Waals surface area contributed by atoms with Crippen molar-refractivity contribution in [2.75, 3.05) is 19.7 Å². The van der Waals surface area contributed by atoms with Gasteiger partial charge < -0.3 is 15.4 Å². The van der Waals surface area contributed by atoms with Crippen LogP contribution in [0.2, 0.25) is 0 Å². The molecule has 2 aliphatic rings. The summed E-state index contributed by atoms with van der Waals surface area (Å²) in [7, 11) is 0. The topological polar surface area (TPSA) is 55.6 Å². The standard InChI is InChI=1S/C22H25BrN2O2/c1-2-16-4-5-17(12-19(16)23)21(26)25-9-7-22(8-10-25)14-27-20-6-3-15(13-24)11-18(20)22/h3-6,11-12H,2,7-10,13-14,24H2,1H3. The largest absolute Gasteiger partial charge is 0.492 e. The molecule has 2 N–H and O–H groups in total. The first-order valence-electron chi connectivity index (χ1n) is 9.60. The molecule has 0 atom stereocenters. The van der Waals surface area contributed by atoms with E-state index in [1.807, 2.05) is 35.2 Å². The number of aryl methyl sites for hydroxylation is 1. The molecule has 1 amide bonds. The molecule has 2 heterocycles. The van der Waals surface area contributed by atoms with E-state index >= 15 is 0 Å². The van der Waals surface area contributed by atoms with Crippen LogP contribution in [0.15, 0.2) is 40.9 Å². The van der Waals surface area contributed by atoms with Gasteiger partial charge in [0.1, 0.15) is 5.75 Å². The van der Waals surface area contributed by atoms with Crippen LogP contribution in [0, 0.1) is 0 Å². The lowest BCUT2D eigenvalue weighted by molar-refractivity contribution is 0.0646. The van der Waals surface area contributed by atoms with Crippen molar-refractivity contribution in [3.63, 3.8) is 0 Å². The van der Waals surface area contributed by atoms with Crippen molar-refractivity contribution in [1.29, 1.82) is 0 Å². The number of ether oxygens (including phenoxy) is 1. The highest BCUT2D eigenvalue weighted by atomic mass is 79.9. The number of halogens is 1. The van der Waals surface area contributed by atoms with Crippen LogP contribution in [-0.2, 0) is 18.4 Å². The Morgan fingerprint density at radius 2 is 2.00 bits per heavy atom. The Hall–Kier alpha value is -1.85. The van der Waals surface area contributed by atoms with Gasteiger partial charge in [0, 0.05) is 40.6 Å². The second kappa shape index (κ2) is 7.28. The number of carbonyl (C=O) groups excluding carboxylic acids is 1. The molecule has 1 saturated heterocycles. The number of benzene rings is 2. The van der Waals surface area contributed by atoms with Gasteiger partial charge >= 0.3 is 0 Å². The third kappa shape index (κ3) is 3.27. The van der Waals surface area contributed by atoms with E-state index in [1.165, 1.54) is 11.1 Å². The van der Waals surface area contributed by atoms with Crippen molar-refractivity contribution in [3.05, 3.63) is 63.1 Å². The van der Waals surface area contributed by atoms with E-state index in [0.717, 1.165) is 53.7 Å². The molecule has 0 unspecified atom stereocenters. The van der Waals surface area contributed by atoms with Crippen molar-refractivity contribution in [3.8, 4) is 5.75 Å². The van der Waals surface area contributed by atoms with Crippen LogP contribution in [0.25, 0.3) is 0 Å². The Morgan fingerprint density at radius 3 is 2.67 bits per heavy atom. The van der Waals surface area contributed by atoms with Gasteiger partial charge in [0.05, 0.1) is 6.61 Å². The highest BCUT2D eigenvalue weighted by Crippen LogP contribution is 2.46. The van der Waals surface area contributed by atoms with Crippen molar-refractivity contribution in [2.45, 2.75) is 38.1 Å². The number of rotatable bonds is 3. The Balaban J connectivity index is 1.50. The van der Waals surface area contributed by atoms with Crippen LogP contribution in [0.4, 0.5) is 0 Å². The molecule has 2 aromatic carbocycles. The van der Waals surface area contributed by atoms with Gasteiger partial charge in [-0.05, 0) is 48.6 Å². The number of fused-ring (bicyclic) bond motifs is 2. The zero-order valence-electron chi connectivity index (χ0n) is 15.6. The highest BCUT2D eigenvalue weighted by Gasteiger charge is 2.43. The zero-order valence-corrected chi connectivity index (χ0v) is 17.2. The Bertz CT molecular complexity index is 873. The van der Waals surface area contributed by atoms with Gasteiger partial charge in [0.2, 0.25) is 0 Å². The van der Waals surface area contributed by atoms with Gasteiger partial charge in [0.15, 0.2) is 0 Å². The number of amides is 1. The molecule has 0 radical (unpaired) electrons. The molecular weight excluding hydrogens is 404 g/mol. The molecule has 0 saturated carbocycles. The second-order valence-corrected chi connectivity index (χ2v) is 8.41. The van der Waals surface area contributed by atoms with E-state index in [2.05, 4.69) is 28.9 Å². The fraction of sp³-hybridized carbons (Fsp3) is 0.409. The maximum Gasteiger partial charge on any atom is 0.253 e. The van der Waals surface area contributed by atoms with Crippen LogP contribution in [0.5, 0.6) is 5.75 Å². The Labute approximate surface area is 168 Å². The number of piperidine rings is 1. The molecule has 4 nitrogen and oxygen atoms in total. The van der Waals surface area contributed by atoms with E-state index in [9.17, 15) is 4.79 Å². The van der Waals surface area contributed by atoms with Crippen LogP contribution in [0.3, 0.4) is 0 Å². The number of carbonyl (C=O) groups is 1. The molecule has 1 fully saturated rings. The third-order valence-corrected chi connectivity index (χ3v) is 6.78. The van der Waals surface area contributed by atoms with E-state index in [-0.39, 0.29) is 11.3 Å². The second-order valence-electron chi connectivity index (χ2n) is 7.56. The number of likely N-dealkylation sites (tertiary alicyclic amines) is 1. The van der Waals surface area contributed by atoms with E-state index < -0.39 is 0 Å². The number of hydrogen-bond donors (Lipinski definition) is 1. The van der Waals surface area contributed by atoms with E-state index in [0.29, 0.717) is 13.2 Å². The summed E-state index contributed by atoms with van der Waals surface area (Å²) in [6, 6.07) is 12.2. The van der Waals surface area contributed by atoms with Crippen molar-refractivity contribution in [1.82, 2.24) is 4.90 Å². The van der Waals surface area contributed by atoms with Gasteiger partial charge in [-0.25, -0.2) is 0 Å². The minimum atomic E-state index is 0.0178. The molecule has 1 spiro atoms. The molecule has 4 rings (SSSR count). The van der Waals surface area contributed by atoms with Crippen LogP contribution < -0.4 is 10.5 Å². The van der Waals surface area contributed by atoms with Crippen molar-refractivity contribution < 1.29 is 9.53 Å². The molecule has 142 valence electrons. The van der Waals surface area contributed by atoms with Gasteiger partial charge in [-0.1, -0.05) is 41.1 Å². The van der Waals surface area contributed by atoms with Crippen molar-refractivity contribution >= 4 is 21.8 Å². The summed E-state index contributed by atoms with van der Waals surface area (Å²) in [6.07, 6.45) is 2.80. The van der Waals surface area contributed by atoms with Crippen molar-refractivity contribution in [2.24, 2.45) is 5.73 Å². The first-order chi connectivity index (χ1) is 13.1. The summed E-state index contributed by atoms with van der Waals surface area (Å²) in [5.41, 5.74) is 10.2. The average Bonchev–Trinajstić information content (AvgIpc) is 3.05. The Morgan fingerprint density at radius 1 is 1.22 bits per heavy atom. The monoisotopic (exact) mass is 428 g/mol. The lowest BCUT2D eigenvalue weighted by Crippen LogP contribution is -2.46. The molecule has 2 aromatic rings. The highest BCUT2D eigenvalue weighted by molar-refractivity contribution is 9.10. The smallest absolute Gasteiger partial charge is 0.253 e. The predicted molar refractivity (Wildman–Crippen MR) is 110 cm³/mol. The lowest BCUT2D eigenvalue weighted by atomic mass is 9.74.